The molecule has 0 aliphatic carbocycles. The highest BCUT2D eigenvalue weighted by Crippen LogP contribution is 2.23. The third kappa shape index (κ3) is 1.63. The number of aromatic amines is 1. The van der Waals surface area contributed by atoms with Gasteiger partial charge >= 0.3 is 5.69 Å². The lowest BCUT2D eigenvalue weighted by molar-refractivity contribution is 0.982. The summed E-state index contributed by atoms with van der Waals surface area (Å²) in [4.78, 5) is 13.9. The number of aromatic nitrogens is 2. The van der Waals surface area contributed by atoms with Crippen LogP contribution in [0.15, 0.2) is 39.9 Å². The lowest BCUT2D eigenvalue weighted by Crippen LogP contribution is -2.14. The zero-order valence-corrected chi connectivity index (χ0v) is 9.34. The van der Waals surface area contributed by atoms with Crippen molar-refractivity contribution < 1.29 is 0 Å². The van der Waals surface area contributed by atoms with E-state index in [1.54, 1.807) is 30.6 Å². The Kier molecular flexibility index (Phi) is 2.48. The van der Waals surface area contributed by atoms with E-state index < -0.39 is 0 Å². The number of hydrogen-bond donors (Lipinski definition) is 1. The molecule has 3 nitrogen and oxygen atoms in total. The van der Waals surface area contributed by atoms with Gasteiger partial charge in [0, 0.05) is 21.9 Å². The fourth-order valence-corrected chi connectivity index (χ4v) is 1.78. The van der Waals surface area contributed by atoms with Crippen molar-refractivity contribution >= 4 is 27.5 Å². The van der Waals surface area contributed by atoms with Crippen LogP contribution in [0.4, 0.5) is 0 Å². The van der Waals surface area contributed by atoms with Crippen LogP contribution in [-0.2, 0) is 0 Å². The topological polar surface area (TPSA) is 37.8 Å². The number of rotatable bonds is 1. The summed E-state index contributed by atoms with van der Waals surface area (Å²) >= 11 is 9.19. The molecule has 0 saturated carbocycles. The minimum Gasteiger partial charge on any atom is -0.312 e. The van der Waals surface area contributed by atoms with Crippen LogP contribution in [0.2, 0.25) is 5.02 Å². The van der Waals surface area contributed by atoms with Gasteiger partial charge in [-0.1, -0.05) is 11.6 Å². The number of H-pyrrole nitrogens is 1. The first-order chi connectivity index (χ1) is 6.68. The molecule has 1 aromatic heterocycles. The minimum atomic E-state index is -0.187. The molecule has 0 atom stereocenters. The van der Waals surface area contributed by atoms with Crippen LogP contribution in [0.1, 0.15) is 0 Å². The molecule has 0 bridgehead atoms. The van der Waals surface area contributed by atoms with E-state index in [1.165, 1.54) is 4.57 Å². The first-order valence-corrected chi connectivity index (χ1v) is 5.07. The van der Waals surface area contributed by atoms with Crippen molar-refractivity contribution in [3.63, 3.8) is 0 Å². The van der Waals surface area contributed by atoms with Crippen LogP contribution >= 0.6 is 27.5 Å². The molecule has 0 aliphatic rings. The Balaban J connectivity index is 2.68. The number of benzene rings is 1. The number of hydrogen-bond acceptors (Lipinski definition) is 1. The maximum absolute atomic E-state index is 11.3. The Morgan fingerprint density at radius 3 is 2.86 bits per heavy atom. The number of nitrogens with zero attached hydrogens (tertiary/aromatic N) is 1. The van der Waals surface area contributed by atoms with Crippen molar-refractivity contribution in [3.8, 4) is 5.69 Å². The summed E-state index contributed by atoms with van der Waals surface area (Å²) in [7, 11) is 0. The number of halogens is 2. The first-order valence-electron chi connectivity index (χ1n) is 3.90. The summed E-state index contributed by atoms with van der Waals surface area (Å²) in [5, 5.41) is 0.594. The Morgan fingerprint density at radius 2 is 2.21 bits per heavy atom. The smallest absolute Gasteiger partial charge is 0.312 e. The van der Waals surface area contributed by atoms with Crippen LogP contribution in [0.5, 0.6) is 0 Å². The zero-order chi connectivity index (χ0) is 10.1. The molecule has 0 saturated heterocycles. The SMILES string of the molecule is O=c1[nH]ccn1-c1cc(Cl)ccc1Br. The number of nitrogens with one attached hydrogen (secondary N) is 1. The summed E-state index contributed by atoms with van der Waals surface area (Å²) < 4.78 is 2.30. The second-order valence-corrected chi connectivity index (χ2v) is 4.02. The fourth-order valence-electron chi connectivity index (χ4n) is 1.18. The van der Waals surface area contributed by atoms with Crippen LogP contribution < -0.4 is 5.69 Å². The molecule has 0 fully saturated rings. The van der Waals surface area contributed by atoms with E-state index in [1.807, 2.05) is 0 Å². The van der Waals surface area contributed by atoms with Crippen molar-refractivity contribution in [2.75, 3.05) is 0 Å². The van der Waals surface area contributed by atoms with Gasteiger partial charge in [-0.05, 0) is 34.1 Å². The Labute approximate surface area is 93.5 Å². The van der Waals surface area contributed by atoms with Gasteiger partial charge in [0.15, 0.2) is 0 Å². The van der Waals surface area contributed by atoms with Gasteiger partial charge in [-0.3, -0.25) is 4.57 Å². The maximum Gasteiger partial charge on any atom is 0.330 e. The summed E-state index contributed by atoms with van der Waals surface area (Å²) in [5.41, 5.74) is 0.539. The van der Waals surface area contributed by atoms with Gasteiger partial charge < -0.3 is 4.98 Å². The largest absolute Gasteiger partial charge is 0.330 e. The van der Waals surface area contributed by atoms with Gasteiger partial charge in [-0.25, -0.2) is 4.79 Å². The van der Waals surface area contributed by atoms with Crippen LogP contribution in [0.3, 0.4) is 0 Å². The molecule has 72 valence electrons. The monoisotopic (exact) mass is 272 g/mol. The van der Waals surface area contributed by atoms with Gasteiger partial charge in [0.25, 0.3) is 0 Å². The maximum atomic E-state index is 11.3. The third-order valence-corrected chi connectivity index (χ3v) is 2.72. The normalized spacial score (nSPS) is 10.4. The summed E-state index contributed by atoms with van der Waals surface area (Å²) in [5.74, 6) is 0. The van der Waals surface area contributed by atoms with E-state index in [-0.39, 0.29) is 5.69 Å². The minimum absolute atomic E-state index is 0.187. The Bertz CT molecular complexity index is 518. The standard InChI is InChI=1S/C9H6BrClN2O/c10-7-2-1-6(11)5-8(7)13-4-3-12-9(13)14/h1-5H,(H,12,14). The highest BCUT2D eigenvalue weighted by atomic mass is 79.9. The molecule has 0 amide bonds. The van der Waals surface area contributed by atoms with Crippen molar-refractivity contribution in [3.05, 3.63) is 50.6 Å². The molecule has 5 heteroatoms. The van der Waals surface area contributed by atoms with Gasteiger partial charge in [0.05, 0.1) is 5.69 Å². The van der Waals surface area contributed by atoms with E-state index in [9.17, 15) is 4.79 Å². The molecule has 0 radical (unpaired) electrons. The van der Waals surface area contributed by atoms with Gasteiger partial charge in [0.2, 0.25) is 0 Å². The Hall–Kier alpha value is -1.000. The van der Waals surface area contributed by atoms with E-state index in [0.29, 0.717) is 5.02 Å². The average Bonchev–Trinajstić information content (AvgIpc) is 2.56. The lowest BCUT2D eigenvalue weighted by atomic mass is 10.3. The summed E-state index contributed by atoms with van der Waals surface area (Å²) in [6.45, 7) is 0. The third-order valence-electron chi connectivity index (χ3n) is 1.82. The fraction of sp³-hybridized carbons (Fsp3) is 0. The summed E-state index contributed by atoms with van der Waals surface area (Å²) in [6.07, 6.45) is 3.23. The molecule has 14 heavy (non-hydrogen) atoms. The van der Waals surface area contributed by atoms with Crippen molar-refractivity contribution in [2.45, 2.75) is 0 Å². The highest BCUT2D eigenvalue weighted by Gasteiger charge is 2.04. The second-order valence-electron chi connectivity index (χ2n) is 2.73. The molecule has 1 aromatic carbocycles. The van der Waals surface area contributed by atoms with E-state index >= 15 is 0 Å². The van der Waals surface area contributed by atoms with Crippen molar-refractivity contribution in [1.29, 1.82) is 0 Å². The zero-order valence-electron chi connectivity index (χ0n) is 7.00. The first kappa shape index (κ1) is 9.55. The van der Waals surface area contributed by atoms with Crippen LogP contribution in [0.25, 0.3) is 5.69 Å². The quantitative estimate of drug-likeness (QED) is 0.852. The molecule has 0 unspecified atom stereocenters. The molecular weight excluding hydrogens is 267 g/mol. The van der Waals surface area contributed by atoms with Gasteiger partial charge in [-0.15, -0.1) is 0 Å². The average molecular weight is 274 g/mol. The molecule has 1 N–H and O–H groups in total. The molecule has 0 aliphatic heterocycles. The molecule has 2 rings (SSSR count). The van der Waals surface area contributed by atoms with Gasteiger partial charge in [0.1, 0.15) is 0 Å². The number of imidazole rings is 1. The molecule has 1 heterocycles. The van der Waals surface area contributed by atoms with E-state index in [0.717, 1.165) is 10.2 Å². The predicted molar refractivity (Wildman–Crippen MR) is 59.1 cm³/mol. The van der Waals surface area contributed by atoms with E-state index in [2.05, 4.69) is 20.9 Å². The molecular formula is C9H6BrClN2O. The molecule has 0 spiro atoms. The lowest BCUT2D eigenvalue weighted by Gasteiger charge is -2.04. The van der Waals surface area contributed by atoms with Crippen LogP contribution in [-0.4, -0.2) is 9.55 Å². The van der Waals surface area contributed by atoms with Crippen molar-refractivity contribution in [1.82, 2.24) is 9.55 Å². The van der Waals surface area contributed by atoms with Gasteiger partial charge in [-0.2, -0.15) is 0 Å². The predicted octanol–water partition coefficient (Wildman–Crippen LogP) is 2.58. The van der Waals surface area contributed by atoms with E-state index in [4.69, 9.17) is 11.6 Å². The highest BCUT2D eigenvalue weighted by molar-refractivity contribution is 9.10. The van der Waals surface area contributed by atoms with Crippen molar-refractivity contribution in [2.24, 2.45) is 0 Å². The Morgan fingerprint density at radius 1 is 1.43 bits per heavy atom. The van der Waals surface area contributed by atoms with Crippen LogP contribution in [0, 0.1) is 0 Å². The second kappa shape index (κ2) is 3.63. The summed E-state index contributed by atoms with van der Waals surface area (Å²) in [6, 6.07) is 5.28. The molecule has 2 aromatic rings.